The van der Waals surface area contributed by atoms with Crippen LogP contribution in [0.1, 0.15) is 25.3 Å². The Morgan fingerprint density at radius 3 is 2.67 bits per heavy atom. The molecule has 8 nitrogen and oxygen atoms in total. The van der Waals surface area contributed by atoms with Crippen molar-refractivity contribution in [1.82, 2.24) is 19.9 Å². The maximum absolute atomic E-state index is 16.1. The molecule has 1 atom stereocenters. The Balaban J connectivity index is 1.37. The Labute approximate surface area is 224 Å². The Morgan fingerprint density at radius 2 is 1.92 bits per heavy atom. The number of pyridine rings is 1. The number of nitrogens with two attached hydrogens (primary N) is 2. The van der Waals surface area contributed by atoms with Crippen molar-refractivity contribution in [1.29, 1.82) is 0 Å². The predicted octanol–water partition coefficient (Wildman–Crippen LogP) is 4.15. The highest BCUT2D eigenvalue weighted by Gasteiger charge is 2.46. The molecule has 1 saturated heterocycles. The van der Waals surface area contributed by atoms with Crippen LogP contribution in [0.4, 0.5) is 20.4 Å². The SMILES string of the molecule is C#Cc1c(F)ccc2cccc(-c3nc(N)c4c(N)nc(OCC5(CN6CCOCC6C)CC5)nc4c3F)c12. The van der Waals surface area contributed by atoms with Crippen molar-refractivity contribution in [3.05, 3.63) is 47.5 Å². The number of hydrogen-bond donors (Lipinski definition) is 2. The van der Waals surface area contributed by atoms with Crippen LogP contribution in [0.15, 0.2) is 30.3 Å². The number of rotatable bonds is 6. The summed E-state index contributed by atoms with van der Waals surface area (Å²) in [6, 6.07) is 8.25. The average molecular weight is 531 g/mol. The first-order valence-corrected chi connectivity index (χ1v) is 12.9. The summed E-state index contributed by atoms with van der Waals surface area (Å²) in [5.74, 6) is 0.917. The molecule has 1 saturated carbocycles. The highest BCUT2D eigenvalue weighted by Crippen LogP contribution is 2.47. The van der Waals surface area contributed by atoms with Gasteiger partial charge in [-0.1, -0.05) is 30.2 Å². The number of morpholine rings is 1. The molecule has 200 valence electrons. The standard InChI is InChI=1S/C29H28F2N6O2/c1-3-18-20(30)8-7-17-5-4-6-19(21(17)18)24-23(31)25-22(26(32)34-24)27(33)36-28(35-25)39-15-29(9-10-29)14-37-11-12-38-13-16(37)2/h1,4-8,16H,9-15H2,2H3,(H2,32,34)(H2,33,35,36). The number of terminal acetylenes is 1. The molecule has 0 bridgehead atoms. The predicted molar refractivity (Wildman–Crippen MR) is 146 cm³/mol. The minimum Gasteiger partial charge on any atom is -0.463 e. The van der Waals surface area contributed by atoms with Gasteiger partial charge in [-0.15, -0.1) is 6.42 Å². The summed E-state index contributed by atoms with van der Waals surface area (Å²) in [6.45, 7) is 5.72. The minimum atomic E-state index is -0.777. The molecule has 1 aliphatic carbocycles. The van der Waals surface area contributed by atoms with E-state index in [-0.39, 0.29) is 45.2 Å². The van der Waals surface area contributed by atoms with Crippen molar-refractivity contribution < 1.29 is 18.3 Å². The second-order valence-corrected chi connectivity index (χ2v) is 10.4. The summed E-state index contributed by atoms with van der Waals surface area (Å²) >= 11 is 0. The summed E-state index contributed by atoms with van der Waals surface area (Å²) in [4.78, 5) is 15.3. The van der Waals surface area contributed by atoms with Crippen LogP contribution in [0, 0.1) is 29.4 Å². The molecular formula is C29H28F2N6O2. The number of aromatic nitrogens is 3. The van der Waals surface area contributed by atoms with E-state index in [0.717, 1.165) is 32.5 Å². The molecule has 6 rings (SSSR count). The van der Waals surface area contributed by atoms with Gasteiger partial charge in [0.15, 0.2) is 5.82 Å². The zero-order valence-electron chi connectivity index (χ0n) is 21.5. The fourth-order valence-corrected chi connectivity index (χ4v) is 5.31. The molecule has 0 amide bonds. The van der Waals surface area contributed by atoms with Crippen LogP contribution in [-0.4, -0.2) is 58.8 Å². The molecule has 4 N–H and O–H groups in total. The van der Waals surface area contributed by atoms with Crippen LogP contribution in [0.3, 0.4) is 0 Å². The van der Waals surface area contributed by atoms with Crippen molar-refractivity contribution in [2.75, 3.05) is 44.4 Å². The van der Waals surface area contributed by atoms with E-state index in [1.54, 1.807) is 24.3 Å². The molecule has 0 spiro atoms. The van der Waals surface area contributed by atoms with Gasteiger partial charge in [0.05, 0.1) is 30.8 Å². The van der Waals surface area contributed by atoms with Crippen LogP contribution >= 0.6 is 0 Å². The number of ether oxygens (including phenoxy) is 2. The van der Waals surface area contributed by atoms with E-state index in [1.807, 2.05) is 0 Å². The van der Waals surface area contributed by atoms with Crippen molar-refractivity contribution in [3.63, 3.8) is 0 Å². The lowest BCUT2D eigenvalue weighted by molar-refractivity contribution is -0.0134. The molecule has 2 aliphatic rings. The topological polar surface area (TPSA) is 112 Å². The first kappa shape index (κ1) is 25.2. The zero-order chi connectivity index (χ0) is 27.3. The average Bonchev–Trinajstić information content (AvgIpc) is 3.70. The minimum absolute atomic E-state index is 0.0125. The number of benzene rings is 2. The highest BCUT2D eigenvalue weighted by molar-refractivity contribution is 6.04. The molecule has 4 aromatic rings. The Morgan fingerprint density at radius 1 is 1.13 bits per heavy atom. The van der Waals surface area contributed by atoms with Gasteiger partial charge in [0.2, 0.25) is 0 Å². The van der Waals surface area contributed by atoms with Gasteiger partial charge < -0.3 is 20.9 Å². The smallest absolute Gasteiger partial charge is 0.319 e. The number of nitrogens with zero attached hydrogens (tertiary/aromatic N) is 4. The van der Waals surface area contributed by atoms with E-state index in [2.05, 4.69) is 32.7 Å². The molecule has 1 aliphatic heterocycles. The normalized spacial score (nSPS) is 18.8. The summed E-state index contributed by atoms with van der Waals surface area (Å²) < 4.78 is 42.2. The van der Waals surface area contributed by atoms with Crippen LogP contribution in [0.25, 0.3) is 32.9 Å². The molecule has 2 aromatic carbocycles. The van der Waals surface area contributed by atoms with Crippen LogP contribution in [-0.2, 0) is 4.74 Å². The summed E-state index contributed by atoms with van der Waals surface area (Å²) in [7, 11) is 0. The van der Waals surface area contributed by atoms with E-state index in [9.17, 15) is 4.39 Å². The molecule has 2 fully saturated rings. The van der Waals surface area contributed by atoms with Gasteiger partial charge in [-0.3, -0.25) is 4.90 Å². The van der Waals surface area contributed by atoms with Crippen molar-refractivity contribution >= 4 is 33.3 Å². The maximum Gasteiger partial charge on any atom is 0.319 e. The van der Waals surface area contributed by atoms with E-state index >= 15 is 4.39 Å². The van der Waals surface area contributed by atoms with Gasteiger partial charge in [0, 0.05) is 35.5 Å². The number of hydrogen-bond acceptors (Lipinski definition) is 8. The van der Waals surface area contributed by atoms with Gasteiger partial charge in [-0.05, 0) is 31.2 Å². The number of anilines is 2. The highest BCUT2D eigenvalue weighted by atomic mass is 19.1. The van der Waals surface area contributed by atoms with Gasteiger partial charge in [-0.25, -0.2) is 13.8 Å². The third-order valence-electron chi connectivity index (χ3n) is 7.72. The Bertz CT molecular complexity index is 1650. The van der Waals surface area contributed by atoms with E-state index in [4.69, 9.17) is 27.4 Å². The van der Waals surface area contributed by atoms with Gasteiger partial charge in [0.1, 0.15) is 28.7 Å². The second kappa shape index (κ2) is 9.59. The lowest BCUT2D eigenvalue weighted by Crippen LogP contribution is -2.47. The molecule has 1 unspecified atom stereocenters. The van der Waals surface area contributed by atoms with Gasteiger partial charge in [-0.2, -0.15) is 9.97 Å². The Hall–Kier alpha value is -4.07. The van der Waals surface area contributed by atoms with Gasteiger partial charge in [0.25, 0.3) is 0 Å². The van der Waals surface area contributed by atoms with E-state index in [0.29, 0.717) is 35.6 Å². The van der Waals surface area contributed by atoms with Crippen molar-refractivity contribution in [2.45, 2.75) is 25.8 Å². The quantitative estimate of drug-likeness (QED) is 0.358. The van der Waals surface area contributed by atoms with Crippen molar-refractivity contribution in [3.8, 4) is 29.6 Å². The number of fused-ring (bicyclic) bond motifs is 2. The lowest BCUT2D eigenvalue weighted by Gasteiger charge is -2.35. The number of halogens is 2. The molecule has 39 heavy (non-hydrogen) atoms. The lowest BCUT2D eigenvalue weighted by atomic mass is 9.96. The zero-order valence-corrected chi connectivity index (χ0v) is 21.5. The molecular weight excluding hydrogens is 502 g/mol. The molecule has 10 heteroatoms. The largest absolute Gasteiger partial charge is 0.463 e. The maximum atomic E-state index is 16.1. The van der Waals surface area contributed by atoms with E-state index in [1.165, 1.54) is 6.07 Å². The summed E-state index contributed by atoms with van der Waals surface area (Å²) in [5, 5.41) is 1.09. The van der Waals surface area contributed by atoms with Crippen LogP contribution in [0.2, 0.25) is 0 Å². The van der Waals surface area contributed by atoms with E-state index < -0.39 is 11.6 Å². The van der Waals surface area contributed by atoms with Crippen molar-refractivity contribution in [2.24, 2.45) is 5.41 Å². The first-order valence-electron chi connectivity index (χ1n) is 12.9. The second-order valence-electron chi connectivity index (χ2n) is 10.4. The number of nitrogen functional groups attached to an aromatic ring is 2. The third kappa shape index (κ3) is 4.47. The fraction of sp³-hybridized carbons (Fsp3) is 0.345. The molecule has 0 radical (unpaired) electrons. The molecule has 2 aromatic heterocycles. The summed E-state index contributed by atoms with van der Waals surface area (Å²) in [5.41, 5.74) is 12.5. The van der Waals surface area contributed by atoms with Gasteiger partial charge >= 0.3 is 6.01 Å². The first-order chi connectivity index (χ1) is 18.8. The fourth-order valence-electron chi connectivity index (χ4n) is 5.31. The van der Waals surface area contributed by atoms with Crippen LogP contribution in [0.5, 0.6) is 6.01 Å². The third-order valence-corrected chi connectivity index (χ3v) is 7.72. The monoisotopic (exact) mass is 530 g/mol. The summed E-state index contributed by atoms with van der Waals surface area (Å²) in [6.07, 6.45) is 7.65. The Kier molecular flexibility index (Phi) is 6.20. The van der Waals surface area contributed by atoms with Crippen LogP contribution < -0.4 is 16.2 Å². The molecule has 3 heterocycles.